The van der Waals surface area contributed by atoms with Gasteiger partial charge in [0.2, 0.25) is 0 Å². The van der Waals surface area contributed by atoms with E-state index in [2.05, 4.69) is 13.8 Å². The molecular formula is C12H26OZn. The molecule has 0 aromatic heterocycles. The summed E-state index contributed by atoms with van der Waals surface area (Å²) in [5.41, 5.74) is 0. The molecule has 0 saturated carbocycles. The molecule has 0 radical (unpaired) electrons. The minimum Gasteiger partial charge on any atom is -0.381 e. The van der Waals surface area contributed by atoms with Crippen molar-refractivity contribution in [3.8, 4) is 0 Å². The maximum atomic E-state index is 5.53. The van der Waals surface area contributed by atoms with Crippen LogP contribution in [-0.2, 0) is 24.2 Å². The first-order valence-electron chi connectivity index (χ1n) is 5.99. The van der Waals surface area contributed by atoms with E-state index in [1.807, 2.05) is 0 Å². The van der Waals surface area contributed by atoms with Crippen LogP contribution in [0.2, 0.25) is 0 Å². The first-order valence-corrected chi connectivity index (χ1v) is 5.99. The fraction of sp³-hybridized carbons (Fsp3) is 1.00. The molecule has 0 aliphatic rings. The molecule has 14 heavy (non-hydrogen) atoms. The third-order valence-electron chi connectivity index (χ3n) is 2.28. The summed E-state index contributed by atoms with van der Waals surface area (Å²) in [7, 11) is 0. The second-order valence-electron chi connectivity index (χ2n) is 3.73. The smallest absolute Gasteiger partial charge is 0.0466 e. The second kappa shape index (κ2) is 16.0. The molecule has 0 spiro atoms. The maximum absolute atomic E-state index is 5.53. The number of hydrogen-bond donors (Lipinski definition) is 0. The summed E-state index contributed by atoms with van der Waals surface area (Å²) < 4.78 is 5.53. The van der Waals surface area contributed by atoms with Crippen molar-refractivity contribution in [2.45, 2.75) is 65.2 Å². The molecular weight excluding hydrogens is 226 g/mol. The van der Waals surface area contributed by atoms with Crippen LogP contribution >= 0.6 is 0 Å². The molecule has 0 fully saturated rings. The minimum atomic E-state index is 0. The molecule has 1 nitrogen and oxygen atoms in total. The summed E-state index contributed by atoms with van der Waals surface area (Å²) in [6.45, 7) is 6.44. The van der Waals surface area contributed by atoms with Gasteiger partial charge in [0.15, 0.2) is 0 Å². The standard InChI is InChI=1S/C12H26O.Zn/c1-3-5-7-9-11-13-12-10-8-6-4-2;/h3-12H2,1-2H3;. The molecule has 0 aromatic carbocycles. The van der Waals surface area contributed by atoms with E-state index in [0.29, 0.717) is 0 Å². The predicted molar refractivity (Wildman–Crippen MR) is 59.1 cm³/mol. The second-order valence-corrected chi connectivity index (χ2v) is 3.73. The van der Waals surface area contributed by atoms with E-state index in [1.54, 1.807) is 0 Å². The van der Waals surface area contributed by atoms with Crippen LogP contribution in [-0.4, -0.2) is 13.2 Å². The van der Waals surface area contributed by atoms with Gasteiger partial charge in [-0.2, -0.15) is 0 Å². The molecule has 0 atom stereocenters. The van der Waals surface area contributed by atoms with Gasteiger partial charge in [-0.05, 0) is 12.8 Å². The van der Waals surface area contributed by atoms with Crippen LogP contribution in [0, 0.1) is 0 Å². The average Bonchev–Trinajstić information content (AvgIpc) is 2.16. The van der Waals surface area contributed by atoms with Crippen molar-refractivity contribution < 1.29 is 24.2 Å². The van der Waals surface area contributed by atoms with Gasteiger partial charge in [-0.1, -0.05) is 52.4 Å². The molecule has 0 unspecified atom stereocenters. The van der Waals surface area contributed by atoms with E-state index in [1.165, 1.54) is 51.4 Å². The average molecular weight is 252 g/mol. The van der Waals surface area contributed by atoms with Gasteiger partial charge in [0.25, 0.3) is 0 Å². The molecule has 0 aliphatic heterocycles. The summed E-state index contributed by atoms with van der Waals surface area (Å²) in [5, 5.41) is 0. The van der Waals surface area contributed by atoms with Crippen LogP contribution in [0.3, 0.4) is 0 Å². The SMILES string of the molecule is CCCCCCOCCCCCC.[Zn]. The molecule has 0 bridgehead atoms. The number of ether oxygens (including phenoxy) is 1. The molecule has 82 valence electrons. The maximum Gasteiger partial charge on any atom is 0.0466 e. The molecule has 2 heteroatoms. The van der Waals surface area contributed by atoms with Crippen molar-refractivity contribution in [3.63, 3.8) is 0 Å². The van der Waals surface area contributed by atoms with Gasteiger partial charge in [-0.15, -0.1) is 0 Å². The monoisotopic (exact) mass is 250 g/mol. The zero-order valence-electron chi connectivity index (χ0n) is 10.2. The van der Waals surface area contributed by atoms with E-state index in [0.717, 1.165) is 13.2 Å². The Bertz CT molecular complexity index is 76.4. The molecule has 0 amide bonds. The fourth-order valence-electron chi connectivity index (χ4n) is 1.36. The van der Waals surface area contributed by atoms with Crippen LogP contribution in [0.15, 0.2) is 0 Å². The van der Waals surface area contributed by atoms with E-state index in [4.69, 9.17) is 4.74 Å². The van der Waals surface area contributed by atoms with Crippen molar-refractivity contribution >= 4 is 0 Å². The Kier molecular flexibility index (Phi) is 19.5. The van der Waals surface area contributed by atoms with E-state index >= 15 is 0 Å². The molecule has 0 saturated heterocycles. The quantitative estimate of drug-likeness (QED) is 0.418. The predicted octanol–water partition coefficient (Wildman–Crippen LogP) is 4.16. The van der Waals surface area contributed by atoms with Gasteiger partial charge in [-0.25, -0.2) is 0 Å². The number of rotatable bonds is 10. The van der Waals surface area contributed by atoms with Gasteiger partial charge in [0, 0.05) is 32.7 Å². The Morgan fingerprint density at radius 2 is 1.07 bits per heavy atom. The van der Waals surface area contributed by atoms with E-state index < -0.39 is 0 Å². The molecule has 0 heterocycles. The van der Waals surface area contributed by atoms with Crippen molar-refractivity contribution in [2.24, 2.45) is 0 Å². The van der Waals surface area contributed by atoms with Crippen molar-refractivity contribution in [3.05, 3.63) is 0 Å². The minimum absolute atomic E-state index is 0. The number of hydrogen-bond acceptors (Lipinski definition) is 1. The van der Waals surface area contributed by atoms with Crippen molar-refractivity contribution in [2.75, 3.05) is 13.2 Å². The third-order valence-corrected chi connectivity index (χ3v) is 2.28. The Morgan fingerprint density at radius 1 is 0.643 bits per heavy atom. The first kappa shape index (κ1) is 17.0. The van der Waals surface area contributed by atoms with E-state index in [-0.39, 0.29) is 19.5 Å². The van der Waals surface area contributed by atoms with Crippen molar-refractivity contribution in [1.29, 1.82) is 0 Å². The van der Waals surface area contributed by atoms with Gasteiger partial charge in [-0.3, -0.25) is 0 Å². The van der Waals surface area contributed by atoms with E-state index in [9.17, 15) is 0 Å². The Morgan fingerprint density at radius 3 is 1.43 bits per heavy atom. The van der Waals surface area contributed by atoms with Crippen LogP contribution in [0.5, 0.6) is 0 Å². The molecule has 0 aliphatic carbocycles. The van der Waals surface area contributed by atoms with Crippen molar-refractivity contribution in [1.82, 2.24) is 0 Å². The van der Waals surface area contributed by atoms with Crippen LogP contribution in [0.1, 0.15) is 65.2 Å². The normalized spacial score (nSPS) is 9.86. The summed E-state index contributed by atoms with van der Waals surface area (Å²) in [6, 6.07) is 0. The molecule has 0 rings (SSSR count). The Hall–Kier alpha value is 0.583. The summed E-state index contributed by atoms with van der Waals surface area (Å²) in [6.07, 6.45) is 10.5. The van der Waals surface area contributed by atoms with Crippen LogP contribution in [0.25, 0.3) is 0 Å². The topological polar surface area (TPSA) is 9.23 Å². The van der Waals surface area contributed by atoms with Gasteiger partial charge >= 0.3 is 0 Å². The summed E-state index contributed by atoms with van der Waals surface area (Å²) in [4.78, 5) is 0. The van der Waals surface area contributed by atoms with Gasteiger partial charge < -0.3 is 4.74 Å². The third kappa shape index (κ3) is 15.1. The summed E-state index contributed by atoms with van der Waals surface area (Å²) in [5.74, 6) is 0. The largest absolute Gasteiger partial charge is 0.381 e. The fourth-order valence-corrected chi connectivity index (χ4v) is 1.36. The van der Waals surface area contributed by atoms with Gasteiger partial charge in [0.05, 0.1) is 0 Å². The molecule has 0 N–H and O–H groups in total. The Labute approximate surface area is 103 Å². The van der Waals surface area contributed by atoms with Crippen LogP contribution < -0.4 is 0 Å². The number of unbranched alkanes of at least 4 members (excludes halogenated alkanes) is 6. The Balaban J connectivity index is 0. The summed E-state index contributed by atoms with van der Waals surface area (Å²) >= 11 is 0. The first-order chi connectivity index (χ1) is 6.41. The zero-order valence-corrected chi connectivity index (χ0v) is 13.2. The zero-order chi connectivity index (χ0) is 9.78. The molecule has 0 aromatic rings. The van der Waals surface area contributed by atoms with Crippen LogP contribution in [0.4, 0.5) is 0 Å². The van der Waals surface area contributed by atoms with Gasteiger partial charge in [0.1, 0.15) is 0 Å².